The van der Waals surface area contributed by atoms with Crippen LogP contribution in [0.5, 0.6) is 0 Å². The Bertz CT molecular complexity index is 194. The molecule has 4 nitrogen and oxygen atoms in total. The first kappa shape index (κ1) is 8.67. The number of aliphatic carboxylic acids is 1. The molecule has 0 radical (unpaired) electrons. The molecule has 1 aliphatic rings. The molecule has 1 aliphatic heterocycles. The summed E-state index contributed by atoms with van der Waals surface area (Å²) in [5, 5.41) is 11.4. The van der Waals surface area contributed by atoms with E-state index in [0.29, 0.717) is 6.54 Å². The van der Waals surface area contributed by atoms with Crippen molar-refractivity contribution in [2.24, 2.45) is 0 Å². The highest BCUT2D eigenvalue weighted by atomic mass is 32.2. The zero-order valence-electron chi connectivity index (χ0n) is 6.24. The predicted molar refractivity (Wildman–Crippen MR) is 41.9 cm³/mol. The fourth-order valence-corrected chi connectivity index (χ4v) is 2.15. The zero-order valence-corrected chi connectivity index (χ0v) is 7.06. The van der Waals surface area contributed by atoms with E-state index >= 15 is 0 Å². The molecule has 1 rings (SSSR count). The van der Waals surface area contributed by atoms with Gasteiger partial charge in [-0.3, -0.25) is 9.00 Å². The Balaban J connectivity index is 2.53. The van der Waals surface area contributed by atoms with Crippen molar-refractivity contribution in [3.8, 4) is 0 Å². The molecule has 2 N–H and O–H groups in total. The van der Waals surface area contributed by atoms with Crippen molar-refractivity contribution in [1.82, 2.24) is 5.32 Å². The third kappa shape index (κ3) is 2.00. The van der Waals surface area contributed by atoms with E-state index in [4.69, 9.17) is 5.11 Å². The molecule has 0 amide bonds. The number of carboxylic acid groups (broad SMARTS) is 1. The highest BCUT2D eigenvalue weighted by molar-refractivity contribution is 7.85. The summed E-state index contributed by atoms with van der Waals surface area (Å²) in [6.45, 7) is 2.38. The quantitative estimate of drug-likeness (QED) is 0.549. The first-order valence-electron chi connectivity index (χ1n) is 3.44. The molecule has 3 unspecified atom stereocenters. The molecular formula is C6H11NO3S. The number of rotatable bonds is 1. The topological polar surface area (TPSA) is 66.4 Å². The summed E-state index contributed by atoms with van der Waals surface area (Å²) in [6, 6.07) is -0.618. The van der Waals surface area contributed by atoms with Crippen molar-refractivity contribution >= 4 is 16.8 Å². The summed E-state index contributed by atoms with van der Waals surface area (Å²) in [4.78, 5) is 10.4. The molecule has 64 valence electrons. The second-order valence-corrected chi connectivity index (χ2v) is 4.56. The molecular weight excluding hydrogens is 166 g/mol. The van der Waals surface area contributed by atoms with Gasteiger partial charge in [0.2, 0.25) is 0 Å². The molecule has 0 aliphatic carbocycles. The Morgan fingerprint density at radius 1 is 1.73 bits per heavy atom. The summed E-state index contributed by atoms with van der Waals surface area (Å²) in [5.41, 5.74) is 0. The van der Waals surface area contributed by atoms with Crippen molar-refractivity contribution in [2.45, 2.75) is 18.2 Å². The molecule has 0 aromatic heterocycles. The maximum Gasteiger partial charge on any atom is 0.321 e. The Morgan fingerprint density at radius 3 is 2.82 bits per heavy atom. The van der Waals surface area contributed by atoms with Crippen LogP contribution < -0.4 is 5.32 Å². The molecule has 0 aromatic carbocycles. The highest BCUT2D eigenvalue weighted by Crippen LogP contribution is 2.04. The van der Waals surface area contributed by atoms with Crippen LogP contribution in [-0.4, -0.2) is 38.9 Å². The van der Waals surface area contributed by atoms with Crippen molar-refractivity contribution < 1.29 is 14.1 Å². The molecule has 1 fully saturated rings. The van der Waals surface area contributed by atoms with Crippen LogP contribution in [0.2, 0.25) is 0 Å². The third-order valence-corrected chi connectivity index (χ3v) is 3.46. The first-order chi connectivity index (χ1) is 5.11. The molecule has 0 bridgehead atoms. The summed E-state index contributed by atoms with van der Waals surface area (Å²) in [7, 11) is -0.979. The van der Waals surface area contributed by atoms with Crippen molar-refractivity contribution in [3.63, 3.8) is 0 Å². The van der Waals surface area contributed by atoms with Gasteiger partial charge in [-0.05, 0) is 6.92 Å². The fourth-order valence-electron chi connectivity index (χ4n) is 0.947. The van der Waals surface area contributed by atoms with E-state index in [2.05, 4.69) is 5.32 Å². The number of hydrogen-bond donors (Lipinski definition) is 2. The summed E-state index contributed by atoms with van der Waals surface area (Å²) >= 11 is 0. The minimum atomic E-state index is -0.979. The maximum absolute atomic E-state index is 11.1. The molecule has 11 heavy (non-hydrogen) atoms. The first-order valence-corrected chi connectivity index (χ1v) is 4.83. The summed E-state index contributed by atoms with van der Waals surface area (Å²) in [5.74, 6) is -0.679. The molecule has 5 heteroatoms. The van der Waals surface area contributed by atoms with Gasteiger partial charge in [0.1, 0.15) is 6.04 Å². The largest absolute Gasteiger partial charge is 0.480 e. The van der Waals surface area contributed by atoms with E-state index < -0.39 is 22.8 Å². The average Bonchev–Trinajstić information content (AvgIpc) is 1.94. The Morgan fingerprint density at radius 2 is 2.36 bits per heavy atom. The van der Waals surface area contributed by atoms with Gasteiger partial charge in [-0.1, -0.05) is 0 Å². The molecule has 1 heterocycles. The van der Waals surface area contributed by atoms with Gasteiger partial charge in [-0.2, -0.15) is 0 Å². The fraction of sp³-hybridized carbons (Fsp3) is 0.833. The molecule has 0 aromatic rings. The number of hydrogen-bond acceptors (Lipinski definition) is 3. The van der Waals surface area contributed by atoms with Crippen LogP contribution in [0.25, 0.3) is 0 Å². The molecule has 1 saturated heterocycles. The minimum Gasteiger partial charge on any atom is -0.480 e. The van der Waals surface area contributed by atoms with Gasteiger partial charge in [-0.25, -0.2) is 0 Å². The Hall–Kier alpha value is -0.420. The summed E-state index contributed by atoms with van der Waals surface area (Å²) < 4.78 is 11.1. The van der Waals surface area contributed by atoms with Gasteiger partial charge in [0.15, 0.2) is 0 Å². The SMILES string of the molecule is CC1CNC(C(=O)O)CS1=O. The van der Waals surface area contributed by atoms with Gasteiger partial charge in [-0.15, -0.1) is 0 Å². The minimum absolute atomic E-state index is 0.0746. The lowest BCUT2D eigenvalue weighted by Gasteiger charge is -2.23. The van der Waals surface area contributed by atoms with E-state index in [1.165, 1.54) is 0 Å². The second-order valence-electron chi connectivity index (χ2n) is 2.66. The highest BCUT2D eigenvalue weighted by Gasteiger charge is 2.27. The average molecular weight is 177 g/mol. The van der Waals surface area contributed by atoms with Gasteiger partial charge in [0.25, 0.3) is 0 Å². The lowest BCUT2D eigenvalue weighted by atomic mass is 10.3. The van der Waals surface area contributed by atoms with Gasteiger partial charge in [0.05, 0.1) is 0 Å². The molecule has 3 atom stereocenters. The Labute approximate surface area is 67.4 Å². The van der Waals surface area contributed by atoms with Crippen LogP contribution in [0.4, 0.5) is 0 Å². The Kier molecular flexibility index (Phi) is 2.62. The van der Waals surface area contributed by atoms with Crippen LogP contribution >= 0.6 is 0 Å². The normalized spacial score (nSPS) is 38.5. The standard InChI is InChI=1S/C6H11NO3S/c1-4-2-7-5(6(8)9)3-11(4)10/h4-5,7H,2-3H2,1H3,(H,8,9). The second kappa shape index (κ2) is 3.32. The van der Waals surface area contributed by atoms with Crippen molar-refractivity contribution in [1.29, 1.82) is 0 Å². The van der Waals surface area contributed by atoms with Crippen LogP contribution in [-0.2, 0) is 15.6 Å². The van der Waals surface area contributed by atoms with E-state index in [1.54, 1.807) is 0 Å². The summed E-state index contributed by atoms with van der Waals surface area (Å²) in [6.07, 6.45) is 0. The predicted octanol–water partition coefficient (Wildman–Crippen LogP) is -0.820. The van der Waals surface area contributed by atoms with Gasteiger partial charge < -0.3 is 10.4 Å². The number of carboxylic acids is 1. The van der Waals surface area contributed by atoms with Crippen LogP contribution in [0.15, 0.2) is 0 Å². The van der Waals surface area contributed by atoms with Crippen LogP contribution in [0.1, 0.15) is 6.92 Å². The van der Waals surface area contributed by atoms with E-state index in [1.807, 2.05) is 6.92 Å². The lowest BCUT2D eigenvalue weighted by molar-refractivity contribution is -0.138. The number of nitrogens with one attached hydrogen (secondary N) is 1. The van der Waals surface area contributed by atoms with E-state index in [9.17, 15) is 9.00 Å². The van der Waals surface area contributed by atoms with E-state index in [0.717, 1.165) is 0 Å². The van der Waals surface area contributed by atoms with Crippen LogP contribution in [0, 0.1) is 0 Å². The lowest BCUT2D eigenvalue weighted by Crippen LogP contribution is -2.50. The monoisotopic (exact) mass is 177 g/mol. The molecule has 0 spiro atoms. The van der Waals surface area contributed by atoms with Crippen LogP contribution in [0.3, 0.4) is 0 Å². The molecule has 0 saturated carbocycles. The van der Waals surface area contributed by atoms with Gasteiger partial charge >= 0.3 is 5.97 Å². The maximum atomic E-state index is 11.1. The number of carbonyl (C=O) groups is 1. The van der Waals surface area contributed by atoms with Gasteiger partial charge in [0, 0.05) is 28.3 Å². The van der Waals surface area contributed by atoms with Crippen molar-refractivity contribution in [2.75, 3.05) is 12.3 Å². The smallest absolute Gasteiger partial charge is 0.321 e. The van der Waals surface area contributed by atoms with E-state index in [-0.39, 0.29) is 11.0 Å². The zero-order chi connectivity index (χ0) is 8.43. The van der Waals surface area contributed by atoms with Crippen molar-refractivity contribution in [3.05, 3.63) is 0 Å². The third-order valence-electron chi connectivity index (χ3n) is 1.73.